The third kappa shape index (κ3) is 3.63. The van der Waals surface area contributed by atoms with Crippen molar-refractivity contribution in [3.8, 4) is 0 Å². The second-order valence-corrected chi connectivity index (χ2v) is 8.58. The van der Waals surface area contributed by atoms with Crippen molar-refractivity contribution in [3.05, 3.63) is 48.5 Å². The fourth-order valence-corrected chi connectivity index (χ4v) is 4.99. The number of para-hydroxylation sites is 1. The highest BCUT2D eigenvalue weighted by Crippen LogP contribution is 2.41. The summed E-state index contributed by atoms with van der Waals surface area (Å²) < 4.78 is 0. The molecule has 1 atom stereocenters. The summed E-state index contributed by atoms with van der Waals surface area (Å²) in [5.74, 6) is 0.932. The average molecular weight is 406 g/mol. The monoisotopic (exact) mass is 406 g/mol. The van der Waals surface area contributed by atoms with E-state index >= 15 is 0 Å². The molecule has 1 amide bonds. The lowest BCUT2D eigenvalue weighted by atomic mass is 9.71. The Hall–Kier alpha value is -3.00. The molecular weight excluding hydrogens is 380 g/mol. The van der Waals surface area contributed by atoms with Gasteiger partial charge in [0.2, 0.25) is 5.91 Å². The summed E-state index contributed by atoms with van der Waals surface area (Å²) in [5, 5.41) is 18.8. The summed E-state index contributed by atoms with van der Waals surface area (Å²) in [6.45, 7) is 2.85. The number of β-amino-alcohol motifs (C(OH)–C–C–N with tert-alkyl or cyclic N) is 1. The quantitative estimate of drug-likeness (QED) is 0.688. The third-order valence-electron chi connectivity index (χ3n) is 6.54. The zero-order chi connectivity index (χ0) is 20.6. The van der Waals surface area contributed by atoms with Crippen molar-refractivity contribution in [2.24, 2.45) is 5.41 Å². The van der Waals surface area contributed by atoms with E-state index in [2.05, 4.69) is 25.1 Å². The van der Waals surface area contributed by atoms with E-state index in [-0.39, 0.29) is 17.4 Å². The number of rotatable bonds is 3. The van der Waals surface area contributed by atoms with E-state index in [1.165, 1.54) is 0 Å². The van der Waals surface area contributed by atoms with E-state index < -0.39 is 0 Å². The molecule has 8 heteroatoms. The molecule has 156 valence electrons. The van der Waals surface area contributed by atoms with Gasteiger partial charge in [0.15, 0.2) is 0 Å². The highest BCUT2D eigenvalue weighted by molar-refractivity contribution is 5.87. The van der Waals surface area contributed by atoms with Gasteiger partial charge in [-0.2, -0.15) is 5.10 Å². The van der Waals surface area contributed by atoms with Crippen LogP contribution in [0.5, 0.6) is 0 Å². The van der Waals surface area contributed by atoms with Crippen LogP contribution >= 0.6 is 0 Å². The van der Waals surface area contributed by atoms with Crippen LogP contribution in [0.2, 0.25) is 0 Å². The van der Waals surface area contributed by atoms with Crippen LogP contribution in [0.1, 0.15) is 25.0 Å². The third-order valence-corrected chi connectivity index (χ3v) is 6.54. The van der Waals surface area contributed by atoms with Crippen molar-refractivity contribution in [2.45, 2.75) is 31.8 Å². The highest BCUT2D eigenvalue weighted by Gasteiger charge is 2.42. The Kier molecular flexibility index (Phi) is 4.86. The van der Waals surface area contributed by atoms with Crippen LogP contribution in [0, 0.1) is 5.41 Å². The number of nitrogens with one attached hydrogen (secondary N) is 1. The zero-order valence-electron chi connectivity index (χ0n) is 16.9. The molecule has 1 unspecified atom stereocenters. The van der Waals surface area contributed by atoms with Gasteiger partial charge in [0.05, 0.1) is 29.9 Å². The number of amides is 1. The molecule has 5 rings (SSSR count). The minimum absolute atomic E-state index is 0.00660. The fraction of sp³-hybridized carbons (Fsp3) is 0.455. The van der Waals surface area contributed by atoms with Crippen molar-refractivity contribution >= 4 is 22.6 Å². The van der Waals surface area contributed by atoms with Gasteiger partial charge in [0.1, 0.15) is 5.82 Å². The number of benzene rings is 1. The number of hydrogen-bond donors (Lipinski definition) is 2. The Morgan fingerprint density at radius 2 is 2.07 bits per heavy atom. The van der Waals surface area contributed by atoms with Crippen LogP contribution in [-0.2, 0) is 11.2 Å². The van der Waals surface area contributed by atoms with Crippen molar-refractivity contribution in [3.63, 3.8) is 0 Å². The first kappa shape index (κ1) is 19.0. The largest absolute Gasteiger partial charge is 0.391 e. The number of aliphatic hydroxyl groups is 1. The molecule has 4 heterocycles. The Labute approximate surface area is 174 Å². The Balaban J connectivity index is 1.24. The molecule has 30 heavy (non-hydrogen) atoms. The number of likely N-dealkylation sites (tertiary alicyclic amines) is 1. The van der Waals surface area contributed by atoms with Gasteiger partial charge in [0.25, 0.3) is 0 Å². The predicted molar refractivity (Wildman–Crippen MR) is 113 cm³/mol. The van der Waals surface area contributed by atoms with Crippen LogP contribution in [0.4, 0.5) is 5.82 Å². The maximum atomic E-state index is 12.9. The number of hydrogen-bond acceptors (Lipinski definition) is 6. The average Bonchev–Trinajstić information content (AvgIpc) is 3.17. The first-order valence-electron chi connectivity index (χ1n) is 10.5. The normalized spacial score (nSPS) is 21.3. The minimum Gasteiger partial charge on any atom is -0.391 e. The second kappa shape index (κ2) is 7.68. The summed E-state index contributed by atoms with van der Waals surface area (Å²) in [7, 11) is 0. The lowest BCUT2D eigenvalue weighted by Crippen LogP contribution is -2.55. The molecule has 8 nitrogen and oxygen atoms in total. The second-order valence-electron chi connectivity index (χ2n) is 8.58. The smallest absolute Gasteiger partial charge is 0.228 e. The van der Waals surface area contributed by atoms with E-state index in [1.54, 1.807) is 18.6 Å². The van der Waals surface area contributed by atoms with E-state index in [0.717, 1.165) is 48.2 Å². The first-order chi connectivity index (χ1) is 14.6. The Bertz CT molecular complexity index is 1030. The number of H-pyrrole nitrogens is 1. The molecule has 1 spiro atoms. The standard InChI is InChI=1S/C22H26N6O2/c29-16-12-22(15-28(14-16)20-13-23-7-8-24-20)5-9-27(10-6-22)21(30)11-19-17-3-1-2-4-18(17)25-26-19/h1-4,7-8,13,16,29H,5-6,9-12,14-15H2,(H,25,26). The number of aliphatic hydroxyl groups excluding tert-OH is 1. The van der Waals surface area contributed by atoms with Crippen molar-refractivity contribution in [2.75, 3.05) is 31.1 Å². The van der Waals surface area contributed by atoms with Gasteiger partial charge in [-0.25, -0.2) is 4.98 Å². The Morgan fingerprint density at radius 3 is 2.87 bits per heavy atom. The summed E-state index contributed by atoms with van der Waals surface area (Å²) in [6.07, 6.45) is 7.58. The Morgan fingerprint density at radius 1 is 1.23 bits per heavy atom. The molecule has 2 N–H and O–H groups in total. The van der Waals surface area contributed by atoms with E-state index in [0.29, 0.717) is 26.1 Å². The minimum atomic E-state index is -0.389. The highest BCUT2D eigenvalue weighted by atomic mass is 16.3. The van der Waals surface area contributed by atoms with Gasteiger partial charge in [-0.05, 0) is 30.7 Å². The fourth-order valence-electron chi connectivity index (χ4n) is 4.99. The van der Waals surface area contributed by atoms with Crippen LogP contribution in [0.15, 0.2) is 42.9 Å². The van der Waals surface area contributed by atoms with Gasteiger partial charge in [-0.3, -0.25) is 14.9 Å². The van der Waals surface area contributed by atoms with E-state index in [1.807, 2.05) is 29.2 Å². The maximum absolute atomic E-state index is 12.9. The molecule has 3 aromatic rings. The molecular formula is C22H26N6O2. The zero-order valence-corrected chi connectivity index (χ0v) is 16.9. The molecule has 2 aliphatic heterocycles. The molecule has 2 aromatic heterocycles. The molecule has 2 fully saturated rings. The molecule has 0 radical (unpaired) electrons. The van der Waals surface area contributed by atoms with Crippen molar-refractivity contribution in [1.29, 1.82) is 0 Å². The van der Waals surface area contributed by atoms with E-state index in [4.69, 9.17) is 0 Å². The molecule has 1 aromatic carbocycles. The summed E-state index contributed by atoms with van der Waals surface area (Å²) in [6, 6.07) is 7.86. The van der Waals surface area contributed by atoms with Crippen LogP contribution < -0.4 is 4.90 Å². The number of piperidine rings is 2. The van der Waals surface area contributed by atoms with Crippen LogP contribution in [0.3, 0.4) is 0 Å². The summed E-state index contributed by atoms with van der Waals surface area (Å²) in [4.78, 5) is 25.6. The predicted octanol–water partition coefficient (Wildman–Crippen LogP) is 1.78. The van der Waals surface area contributed by atoms with Crippen molar-refractivity contribution in [1.82, 2.24) is 25.1 Å². The number of anilines is 1. The number of fused-ring (bicyclic) bond motifs is 1. The van der Waals surface area contributed by atoms with Gasteiger partial charge in [0, 0.05) is 44.0 Å². The topological polar surface area (TPSA) is 98.2 Å². The summed E-state index contributed by atoms with van der Waals surface area (Å²) >= 11 is 0. The number of aromatic nitrogens is 4. The number of aromatic amines is 1. The molecule has 2 saturated heterocycles. The number of carbonyl (C=O) groups excluding carboxylic acids is 1. The maximum Gasteiger partial charge on any atom is 0.228 e. The molecule has 0 saturated carbocycles. The van der Waals surface area contributed by atoms with Gasteiger partial charge in [-0.1, -0.05) is 18.2 Å². The van der Waals surface area contributed by atoms with Crippen LogP contribution in [0.25, 0.3) is 10.9 Å². The molecule has 0 bridgehead atoms. The van der Waals surface area contributed by atoms with Crippen LogP contribution in [-0.4, -0.2) is 68.4 Å². The van der Waals surface area contributed by atoms with Gasteiger partial charge < -0.3 is 14.9 Å². The van der Waals surface area contributed by atoms with Gasteiger partial charge >= 0.3 is 0 Å². The molecule has 0 aliphatic carbocycles. The number of nitrogens with zero attached hydrogens (tertiary/aromatic N) is 5. The van der Waals surface area contributed by atoms with Gasteiger partial charge in [-0.15, -0.1) is 0 Å². The first-order valence-corrected chi connectivity index (χ1v) is 10.5. The lowest BCUT2D eigenvalue weighted by molar-refractivity contribution is -0.133. The lowest BCUT2D eigenvalue weighted by Gasteiger charge is -2.49. The van der Waals surface area contributed by atoms with Crippen molar-refractivity contribution < 1.29 is 9.90 Å². The molecule has 2 aliphatic rings. The SMILES string of the molecule is O=C(Cc1[nH]nc2ccccc12)N1CCC2(CC1)CC(O)CN(c1cnccn1)C2. The van der Waals surface area contributed by atoms with E-state index in [9.17, 15) is 9.90 Å². The number of carbonyl (C=O) groups is 1. The summed E-state index contributed by atoms with van der Waals surface area (Å²) in [5.41, 5.74) is 1.77.